The van der Waals surface area contributed by atoms with E-state index >= 15 is 0 Å². The van der Waals surface area contributed by atoms with Crippen LogP contribution in [0.3, 0.4) is 0 Å². The van der Waals surface area contributed by atoms with E-state index in [9.17, 15) is 8.78 Å². The Morgan fingerprint density at radius 2 is 1.86 bits per heavy atom. The number of halogens is 2. The first-order chi connectivity index (χ1) is 6.50. The first-order valence-electron chi connectivity index (χ1n) is 4.12. The number of hydrogen-bond donors (Lipinski definition) is 1. The summed E-state index contributed by atoms with van der Waals surface area (Å²) in [5.74, 6) is 1.39. The number of rotatable bonds is 1. The fraction of sp³-hybridized carbons (Fsp3) is 0.273. The molecule has 0 aromatic heterocycles. The molecule has 1 unspecified atom stereocenters. The van der Waals surface area contributed by atoms with Crippen LogP contribution in [-0.4, -0.2) is 17.1 Å². The highest BCUT2D eigenvalue weighted by molar-refractivity contribution is 5.34. The molecule has 0 saturated heterocycles. The second kappa shape index (κ2) is 4.21. The van der Waals surface area contributed by atoms with Gasteiger partial charge >= 0.3 is 0 Å². The molecule has 0 radical (unpaired) electrons. The van der Waals surface area contributed by atoms with Crippen LogP contribution in [0.4, 0.5) is 8.78 Å². The van der Waals surface area contributed by atoms with Crippen molar-refractivity contribution in [1.29, 1.82) is 0 Å². The Bertz CT molecular complexity index is 343. The van der Waals surface area contributed by atoms with Crippen LogP contribution < -0.4 is 0 Å². The molecular formula is C11H10F2O. The fourth-order valence-electron chi connectivity index (χ4n) is 0.800. The van der Waals surface area contributed by atoms with Crippen LogP contribution in [0.25, 0.3) is 0 Å². The van der Waals surface area contributed by atoms with Crippen molar-refractivity contribution in [3.05, 3.63) is 35.9 Å². The highest BCUT2D eigenvalue weighted by Gasteiger charge is 2.30. The average Bonchev–Trinajstić information content (AvgIpc) is 2.14. The SMILES string of the molecule is CC(F)(F)C(O)C#Cc1ccccc1. The summed E-state index contributed by atoms with van der Waals surface area (Å²) in [5, 5.41) is 8.92. The summed E-state index contributed by atoms with van der Waals surface area (Å²) in [4.78, 5) is 0. The molecule has 0 fully saturated rings. The number of aliphatic hydroxyl groups is 1. The highest BCUT2D eigenvalue weighted by Crippen LogP contribution is 2.16. The normalized spacial score (nSPS) is 12.9. The van der Waals surface area contributed by atoms with Gasteiger partial charge in [-0.3, -0.25) is 0 Å². The van der Waals surface area contributed by atoms with Crippen molar-refractivity contribution in [1.82, 2.24) is 0 Å². The van der Waals surface area contributed by atoms with Gasteiger partial charge < -0.3 is 5.11 Å². The second-order valence-corrected chi connectivity index (χ2v) is 2.99. The quantitative estimate of drug-likeness (QED) is 0.681. The molecule has 1 nitrogen and oxygen atoms in total. The van der Waals surface area contributed by atoms with E-state index in [-0.39, 0.29) is 0 Å². The second-order valence-electron chi connectivity index (χ2n) is 2.99. The Morgan fingerprint density at radius 1 is 1.29 bits per heavy atom. The Hall–Kier alpha value is -1.40. The Morgan fingerprint density at radius 3 is 2.36 bits per heavy atom. The lowest BCUT2D eigenvalue weighted by Crippen LogP contribution is -2.28. The van der Waals surface area contributed by atoms with E-state index in [1.54, 1.807) is 30.3 Å². The zero-order valence-corrected chi connectivity index (χ0v) is 7.67. The Balaban J connectivity index is 2.74. The lowest BCUT2D eigenvalue weighted by atomic mass is 10.2. The summed E-state index contributed by atoms with van der Waals surface area (Å²) in [6.45, 7) is 0.636. The monoisotopic (exact) mass is 196 g/mol. The van der Waals surface area contributed by atoms with Gasteiger partial charge in [-0.1, -0.05) is 30.0 Å². The summed E-state index contributed by atoms with van der Waals surface area (Å²) in [6.07, 6.45) is -1.91. The molecule has 74 valence electrons. The molecule has 0 bridgehead atoms. The van der Waals surface area contributed by atoms with E-state index < -0.39 is 12.0 Å². The number of hydrogen-bond acceptors (Lipinski definition) is 1. The predicted molar refractivity (Wildman–Crippen MR) is 49.9 cm³/mol. The maximum atomic E-state index is 12.5. The van der Waals surface area contributed by atoms with Gasteiger partial charge in [0.25, 0.3) is 5.92 Å². The van der Waals surface area contributed by atoms with E-state index in [2.05, 4.69) is 11.8 Å². The van der Waals surface area contributed by atoms with Crippen LogP contribution in [0, 0.1) is 11.8 Å². The predicted octanol–water partition coefficient (Wildman–Crippen LogP) is 2.05. The molecule has 1 atom stereocenters. The number of alkyl halides is 2. The molecule has 3 heteroatoms. The number of aliphatic hydroxyl groups excluding tert-OH is 1. The molecule has 1 aromatic carbocycles. The Labute approximate surface area is 81.4 Å². The third-order valence-corrected chi connectivity index (χ3v) is 1.61. The molecule has 0 aliphatic heterocycles. The van der Waals surface area contributed by atoms with Crippen molar-refractivity contribution in [3.8, 4) is 11.8 Å². The molecule has 0 aliphatic rings. The van der Waals surface area contributed by atoms with Crippen molar-refractivity contribution in [3.63, 3.8) is 0 Å². The lowest BCUT2D eigenvalue weighted by Gasteiger charge is -2.11. The van der Waals surface area contributed by atoms with E-state index in [0.29, 0.717) is 12.5 Å². The lowest BCUT2D eigenvalue weighted by molar-refractivity contribution is -0.0657. The first-order valence-corrected chi connectivity index (χ1v) is 4.12. The number of benzene rings is 1. The van der Waals surface area contributed by atoms with Crippen LogP contribution in [-0.2, 0) is 0 Å². The van der Waals surface area contributed by atoms with Crippen molar-refractivity contribution < 1.29 is 13.9 Å². The van der Waals surface area contributed by atoms with Crippen molar-refractivity contribution in [2.45, 2.75) is 19.0 Å². The van der Waals surface area contributed by atoms with Crippen LogP contribution in [0.15, 0.2) is 30.3 Å². The molecule has 1 rings (SSSR count). The van der Waals surface area contributed by atoms with Gasteiger partial charge in [0, 0.05) is 12.5 Å². The summed E-state index contributed by atoms with van der Waals surface area (Å²) in [5.41, 5.74) is 0.607. The largest absolute Gasteiger partial charge is 0.374 e. The topological polar surface area (TPSA) is 20.2 Å². The van der Waals surface area contributed by atoms with Gasteiger partial charge in [-0.25, -0.2) is 8.78 Å². The fourth-order valence-corrected chi connectivity index (χ4v) is 0.800. The van der Waals surface area contributed by atoms with E-state index in [4.69, 9.17) is 5.11 Å². The minimum absolute atomic E-state index is 0.607. The molecule has 0 saturated carbocycles. The minimum atomic E-state index is -3.18. The molecule has 14 heavy (non-hydrogen) atoms. The zero-order chi connectivity index (χ0) is 10.6. The summed E-state index contributed by atoms with van der Waals surface area (Å²) < 4.78 is 24.9. The van der Waals surface area contributed by atoms with Crippen LogP contribution in [0.2, 0.25) is 0 Å². The molecular weight excluding hydrogens is 186 g/mol. The van der Waals surface area contributed by atoms with E-state index in [1.165, 1.54) is 0 Å². The van der Waals surface area contributed by atoms with Crippen LogP contribution >= 0.6 is 0 Å². The molecule has 0 heterocycles. The van der Waals surface area contributed by atoms with Crippen molar-refractivity contribution in [2.24, 2.45) is 0 Å². The van der Waals surface area contributed by atoms with Crippen LogP contribution in [0.1, 0.15) is 12.5 Å². The molecule has 1 aromatic rings. The summed E-state index contributed by atoms with van der Waals surface area (Å²) in [7, 11) is 0. The van der Waals surface area contributed by atoms with Gasteiger partial charge in [-0.2, -0.15) is 0 Å². The molecule has 0 aliphatic carbocycles. The van der Waals surface area contributed by atoms with Gasteiger partial charge in [-0.05, 0) is 12.1 Å². The summed E-state index contributed by atoms with van der Waals surface area (Å²) in [6, 6.07) is 8.68. The maximum absolute atomic E-state index is 12.5. The third kappa shape index (κ3) is 3.15. The third-order valence-electron chi connectivity index (χ3n) is 1.61. The van der Waals surface area contributed by atoms with Crippen LogP contribution in [0.5, 0.6) is 0 Å². The molecule has 1 N–H and O–H groups in total. The maximum Gasteiger partial charge on any atom is 0.281 e. The van der Waals surface area contributed by atoms with E-state index in [1.807, 2.05) is 0 Å². The average molecular weight is 196 g/mol. The highest BCUT2D eigenvalue weighted by atomic mass is 19.3. The zero-order valence-electron chi connectivity index (χ0n) is 7.67. The van der Waals surface area contributed by atoms with Gasteiger partial charge in [0.1, 0.15) is 0 Å². The molecule has 0 spiro atoms. The first kappa shape index (κ1) is 10.7. The van der Waals surface area contributed by atoms with Gasteiger partial charge in [0.15, 0.2) is 6.10 Å². The van der Waals surface area contributed by atoms with Gasteiger partial charge in [0.05, 0.1) is 0 Å². The smallest absolute Gasteiger partial charge is 0.281 e. The Kier molecular flexibility index (Phi) is 3.21. The van der Waals surface area contributed by atoms with Gasteiger partial charge in [0.2, 0.25) is 0 Å². The summed E-state index contributed by atoms with van der Waals surface area (Å²) >= 11 is 0. The molecule has 0 amide bonds. The van der Waals surface area contributed by atoms with E-state index in [0.717, 1.165) is 0 Å². The van der Waals surface area contributed by atoms with Crippen molar-refractivity contribution >= 4 is 0 Å². The van der Waals surface area contributed by atoms with Gasteiger partial charge in [-0.15, -0.1) is 0 Å². The minimum Gasteiger partial charge on any atom is -0.374 e. The standard InChI is InChI=1S/C11H10F2O/c1-11(12,13)10(14)8-7-9-5-3-2-4-6-9/h2-6,10,14H,1H3. The van der Waals surface area contributed by atoms with Crippen molar-refractivity contribution in [2.75, 3.05) is 0 Å².